The Morgan fingerprint density at radius 2 is 1.97 bits per heavy atom. The van der Waals surface area contributed by atoms with E-state index in [4.69, 9.17) is 11.6 Å². The number of aromatic nitrogens is 3. The van der Waals surface area contributed by atoms with Crippen LogP contribution in [0.4, 0.5) is 11.5 Å². The van der Waals surface area contributed by atoms with Gasteiger partial charge in [0.05, 0.1) is 12.5 Å². The number of hydrogen-bond donors (Lipinski definition) is 1. The first-order valence-corrected chi connectivity index (χ1v) is 12.1. The second kappa shape index (κ2) is 9.88. The first kappa shape index (κ1) is 23.1. The molecule has 1 saturated heterocycles. The number of carbonyl (C=O) groups excluding carboxylic acids is 1. The Labute approximate surface area is 208 Å². The molecule has 8 heteroatoms. The molecular weight excluding hydrogens is 462 g/mol. The SMILES string of the molecule is Cc1ccc(Cn2c(=O)c(N3CCC[C@@H](C(=O)Nc4cccc(Cl)c4)C3)nc3cccnc32)cc1. The van der Waals surface area contributed by atoms with Gasteiger partial charge in [-0.25, -0.2) is 9.97 Å². The standard InChI is InChI=1S/C27H26ClN5O2/c1-18-9-11-19(12-10-18)16-33-24-23(8-3-13-29-24)31-25(27(33)35)32-14-4-5-20(17-32)26(34)30-22-7-2-6-21(28)15-22/h2-3,6-13,15,20H,4-5,14,16-17H2,1H3,(H,30,34)/t20-/m1/s1. The van der Waals surface area contributed by atoms with Gasteiger partial charge in [-0.15, -0.1) is 0 Å². The van der Waals surface area contributed by atoms with E-state index in [1.54, 1.807) is 29.0 Å². The van der Waals surface area contributed by atoms with Crippen LogP contribution in [0.2, 0.25) is 5.02 Å². The number of nitrogens with one attached hydrogen (secondary N) is 1. The number of benzene rings is 2. The third kappa shape index (κ3) is 5.05. The van der Waals surface area contributed by atoms with Crippen LogP contribution in [-0.2, 0) is 11.3 Å². The number of carbonyl (C=O) groups is 1. The van der Waals surface area contributed by atoms with Crippen LogP contribution in [0.3, 0.4) is 0 Å². The normalized spacial score (nSPS) is 15.8. The monoisotopic (exact) mass is 487 g/mol. The summed E-state index contributed by atoms with van der Waals surface area (Å²) >= 11 is 6.05. The summed E-state index contributed by atoms with van der Waals surface area (Å²) in [6.45, 7) is 3.52. The van der Waals surface area contributed by atoms with E-state index in [-0.39, 0.29) is 17.4 Å². The predicted molar refractivity (Wildman–Crippen MR) is 139 cm³/mol. The molecule has 7 nitrogen and oxygen atoms in total. The summed E-state index contributed by atoms with van der Waals surface area (Å²) in [4.78, 5) is 37.7. The molecule has 35 heavy (non-hydrogen) atoms. The summed E-state index contributed by atoms with van der Waals surface area (Å²) in [5.74, 6) is 0.0105. The van der Waals surface area contributed by atoms with Gasteiger partial charge in [-0.1, -0.05) is 47.5 Å². The van der Waals surface area contributed by atoms with E-state index in [0.29, 0.717) is 47.3 Å². The second-order valence-electron chi connectivity index (χ2n) is 8.94. The van der Waals surface area contributed by atoms with Gasteiger partial charge in [0.25, 0.3) is 5.56 Å². The van der Waals surface area contributed by atoms with Gasteiger partial charge in [0, 0.05) is 30.0 Å². The van der Waals surface area contributed by atoms with Crippen molar-refractivity contribution in [3.05, 3.63) is 93.4 Å². The first-order chi connectivity index (χ1) is 17.0. The Morgan fingerprint density at radius 1 is 1.14 bits per heavy atom. The van der Waals surface area contributed by atoms with Gasteiger partial charge in [0.1, 0.15) is 5.52 Å². The Morgan fingerprint density at radius 3 is 2.77 bits per heavy atom. The molecule has 1 N–H and O–H groups in total. The molecule has 0 saturated carbocycles. The molecule has 1 atom stereocenters. The quantitative estimate of drug-likeness (QED) is 0.443. The lowest BCUT2D eigenvalue weighted by Gasteiger charge is -2.32. The van der Waals surface area contributed by atoms with Gasteiger partial charge in [0.2, 0.25) is 5.91 Å². The van der Waals surface area contributed by atoms with Crippen molar-refractivity contribution >= 4 is 40.2 Å². The molecule has 0 radical (unpaired) electrons. The fraction of sp³-hybridized carbons (Fsp3) is 0.259. The molecule has 0 bridgehead atoms. The van der Waals surface area contributed by atoms with Crippen molar-refractivity contribution in [2.24, 2.45) is 5.92 Å². The lowest BCUT2D eigenvalue weighted by Crippen LogP contribution is -2.44. The van der Waals surface area contributed by atoms with Gasteiger partial charge in [-0.2, -0.15) is 0 Å². The molecule has 0 spiro atoms. The van der Waals surface area contributed by atoms with Crippen LogP contribution in [0.1, 0.15) is 24.0 Å². The zero-order chi connectivity index (χ0) is 24.4. The second-order valence-corrected chi connectivity index (χ2v) is 9.38. The number of amides is 1. The topological polar surface area (TPSA) is 80.1 Å². The number of piperidine rings is 1. The van der Waals surface area contributed by atoms with E-state index in [0.717, 1.165) is 24.0 Å². The van der Waals surface area contributed by atoms with Gasteiger partial charge in [-0.3, -0.25) is 14.2 Å². The van der Waals surface area contributed by atoms with Crippen molar-refractivity contribution in [3.8, 4) is 0 Å². The zero-order valence-electron chi connectivity index (χ0n) is 19.4. The summed E-state index contributed by atoms with van der Waals surface area (Å²) in [5, 5.41) is 3.52. The number of halogens is 1. The van der Waals surface area contributed by atoms with Crippen molar-refractivity contribution < 1.29 is 4.79 Å². The molecule has 2 aromatic carbocycles. The third-order valence-corrected chi connectivity index (χ3v) is 6.56. The van der Waals surface area contributed by atoms with Crippen molar-refractivity contribution in [1.29, 1.82) is 0 Å². The van der Waals surface area contributed by atoms with Crippen LogP contribution in [0.15, 0.2) is 71.7 Å². The van der Waals surface area contributed by atoms with E-state index in [2.05, 4.69) is 15.3 Å². The highest BCUT2D eigenvalue weighted by Gasteiger charge is 2.29. The summed E-state index contributed by atoms with van der Waals surface area (Å²) < 4.78 is 1.68. The van der Waals surface area contributed by atoms with Gasteiger partial charge in [-0.05, 0) is 55.7 Å². The fourth-order valence-corrected chi connectivity index (χ4v) is 4.68. The van der Waals surface area contributed by atoms with Crippen LogP contribution < -0.4 is 15.8 Å². The van der Waals surface area contributed by atoms with Crippen LogP contribution in [0.25, 0.3) is 11.2 Å². The molecule has 1 aliphatic heterocycles. The molecule has 1 aliphatic rings. The number of nitrogens with zero attached hydrogens (tertiary/aromatic N) is 4. The molecule has 1 amide bonds. The molecule has 3 heterocycles. The Kier molecular flexibility index (Phi) is 6.51. The highest BCUT2D eigenvalue weighted by molar-refractivity contribution is 6.30. The average molecular weight is 488 g/mol. The van der Waals surface area contributed by atoms with Crippen molar-refractivity contribution in [2.75, 3.05) is 23.3 Å². The Bertz CT molecular complexity index is 1430. The number of anilines is 2. The molecule has 2 aromatic heterocycles. The fourth-order valence-electron chi connectivity index (χ4n) is 4.49. The van der Waals surface area contributed by atoms with Gasteiger partial charge in [0.15, 0.2) is 11.5 Å². The maximum atomic E-state index is 13.7. The molecular formula is C27H26ClN5O2. The highest BCUT2D eigenvalue weighted by atomic mass is 35.5. The summed E-state index contributed by atoms with van der Waals surface area (Å²) in [6.07, 6.45) is 3.21. The van der Waals surface area contributed by atoms with Crippen LogP contribution in [0.5, 0.6) is 0 Å². The van der Waals surface area contributed by atoms with Crippen molar-refractivity contribution in [2.45, 2.75) is 26.3 Å². The van der Waals surface area contributed by atoms with E-state index in [1.807, 2.05) is 54.3 Å². The number of fused-ring (bicyclic) bond motifs is 1. The number of aryl methyl sites for hydroxylation is 1. The van der Waals surface area contributed by atoms with Crippen molar-refractivity contribution in [3.63, 3.8) is 0 Å². The Hall–Kier alpha value is -3.71. The molecule has 178 valence electrons. The minimum absolute atomic E-state index is 0.0839. The minimum atomic E-state index is -0.265. The van der Waals surface area contributed by atoms with E-state index in [9.17, 15) is 9.59 Å². The van der Waals surface area contributed by atoms with Crippen molar-refractivity contribution in [1.82, 2.24) is 14.5 Å². The van der Waals surface area contributed by atoms with Crippen LogP contribution in [0, 0.1) is 12.8 Å². The summed E-state index contributed by atoms with van der Waals surface area (Å²) in [5.41, 5.74) is 3.84. The largest absolute Gasteiger partial charge is 0.351 e. The molecule has 5 rings (SSSR count). The molecule has 1 fully saturated rings. The maximum Gasteiger partial charge on any atom is 0.295 e. The smallest absolute Gasteiger partial charge is 0.295 e. The minimum Gasteiger partial charge on any atom is -0.351 e. The summed E-state index contributed by atoms with van der Waals surface area (Å²) in [7, 11) is 0. The number of hydrogen-bond acceptors (Lipinski definition) is 5. The van der Waals surface area contributed by atoms with Gasteiger partial charge >= 0.3 is 0 Å². The van der Waals surface area contributed by atoms with Gasteiger partial charge < -0.3 is 10.2 Å². The molecule has 0 unspecified atom stereocenters. The van der Waals surface area contributed by atoms with Crippen LogP contribution in [-0.4, -0.2) is 33.5 Å². The lowest BCUT2D eigenvalue weighted by atomic mass is 9.97. The average Bonchev–Trinajstić information content (AvgIpc) is 2.87. The lowest BCUT2D eigenvalue weighted by molar-refractivity contribution is -0.120. The maximum absolute atomic E-state index is 13.7. The third-order valence-electron chi connectivity index (χ3n) is 6.33. The highest BCUT2D eigenvalue weighted by Crippen LogP contribution is 2.24. The van der Waals surface area contributed by atoms with E-state index >= 15 is 0 Å². The summed E-state index contributed by atoms with van der Waals surface area (Å²) in [6, 6.07) is 18.9. The molecule has 0 aliphatic carbocycles. The van der Waals surface area contributed by atoms with E-state index < -0.39 is 0 Å². The number of pyridine rings is 1. The Balaban J connectivity index is 1.44. The first-order valence-electron chi connectivity index (χ1n) is 11.7. The zero-order valence-corrected chi connectivity index (χ0v) is 20.2. The van der Waals surface area contributed by atoms with Crippen LogP contribution >= 0.6 is 11.6 Å². The molecule has 4 aromatic rings. The van der Waals surface area contributed by atoms with E-state index in [1.165, 1.54) is 0 Å². The number of rotatable bonds is 5. The predicted octanol–water partition coefficient (Wildman–Crippen LogP) is 4.66.